The summed E-state index contributed by atoms with van der Waals surface area (Å²) in [6, 6.07) is 6.18. The fraction of sp³-hybridized carbons (Fsp3) is 0.400. The summed E-state index contributed by atoms with van der Waals surface area (Å²) < 4.78 is 5.12. The third kappa shape index (κ3) is 4.04. The number of methoxy groups -OCH3 is 1. The van der Waals surface area contributed by atoms with Crippen LogP contribution in [-0.4, -0.2) is 18.6 Å². The van der Waals surface area contributed by atoms with E-state index in [0.29, 0.717) is 6.61 Å². The number of hydrogen-bond donors (Lipinski definition) is 1. The molecule has 1 aliphatic rings. The molecule has 0 spiro atoms. The van der Waals surface area contributed by atoms with E-state index in [1.54, 1.807) is 18.4 Å². The highest BCUT2D eigenvalue weighted by Crippen LogP contribution is 2.32. The maximum atomic E-state index is 6.08. The van der Waals surface area contributed by atoms with Crippen LogP contribution in [0.4, 0.5) is 11.4 Å². The average Bonchev–Trinajstić information content (AvgIpc) is 2.88. The van der Waals surface area contributed by atoms with Crippen LogP contribution in [0.15, 0.2) is 23.6 Å². The second kappa shape index (κ2) is 8.58. The predicted molar refractivity (Wildman–Crippen MR) is 97.5 cm³/mol. The van der Waals surface area contributed by atoms with Crippen LogP contribution in [0.3, 0.4) is 0 Å². The maximum Gasteiger partial charge on any atom is 0.119 e. The SMILES string of the molecule is COCc1nc(CN2CCCc3c(N)cccc32)cs1.Cl.Cl. The van der Waals surface area contributed by atoms with Gasteiger partial charge in [0.25, 0.3) is 0 Å². The lowest BCUT2D eigenvalue weighted by Crippen LogP contribution is -2.29. The van der Waals surface area contributed by atoms with Gasteiger partial charge in [0, 0.05) is 30.4 Å². The number of hydrogen-bond acceptors (Lipinski definition) is 5. The number of nitrogen functional groups attached to an aromatic ring is 1. The smallest absolute Gasteiger partial charge is 0.119 e. The first-order valence-electron chi connectivity index (χ1n) is 6.82. The Labute approximate surface area is 147 Å². The van der Waals surface area contributed by atoms with Gasteiger partial charge in [-0.25, -0.2) is 4.98 Å². The Morgan fingerprint density at radius 1 is 1.36 bits per heavy atom. The van der Waals surface area contributed by atoms with Crippen LogP contribution in [0.2, 0.25) is 0 Å². The van der Waals surface area contributed by atoms with E-state index in [9.17, 15) is 0 Å². The van der Waals surface area contributed by atoms with Crippen molar-refractivity contribution < 1.29 is 4.74 Å². The molecule has 3 rings (SSSR count). The largest absolute Gasteiger partial charge is 0.398 e. The van der Waals surface area contributed by atoms with Gasteiger partial charge in [-0.1, -0.05) is 6.07 Å². The Bertz CT molecular complexity index is 606. The van der Waals surface area contributed by atoms with Crippen LogP contribution in [-0.2, 0) is 24.3 Å². The van der Waals surface area contributed by atoms with Crippen molar-refractivity contribution in [1.82, 2.24) is 4.98 Å². The van der Waals surface area contributed by atoms with Crippen LogP contribution in [0, 0.1) is 0 Å². The molecule has 0 saturated heterocycles. The van der Waals surface area contributed by atoms with Gasteiger partial charge in [0.2, 0.25) is 0 Å². The summed E-state index contributed by atoms with van der Waals surface area (Å²) >= 11 is 1.66. The lowest BCUT2D eigenvalue weighted by atomic mass is 10.00. The lowest BCUT2D eigenvalue weighted by Gasteiger charge is -2.31. The Morgan fingerprint density at radius 2 is 2.18 bits per heavy atom. The molecule has 1 aromatic heterocycles. The first-order valence-corrected chi connectivity index (χ1v) is 7.70. The molecule has 0 saturated carbocycles. The minimum Gasteiger partial charge on any atom is -0.398 e. The molecule has 1 aliphatic heterocycles. The van der Waals surface area contributed by atoms with Crippen molar-refractivity contribution in [3.63, 3.8) is 0 Å². The fourth-order valence-electron chi connectivity index (χ4n) is 2.70. The van der Waals surface area contributed by atoms with Gasteiger partial charge in [-0.05, 0) is 30.5 Å². The highest BCUT2D eigenvalue weighted by atomic mass is 35.5. The highest BCUT2D eigenvalue weighted by Gasteiger charge is 2.19. The number of thiazole rings is 1. The minimum atomic E-state index is 0. The van der Waals surface area contributed by atoms with E-state index in [2.05, 4.69) is 21.3 Å². The maximum absolute atomic E-state index is 6.08. The average molecular weight is 362 g/mol. The summed E-state index contributed by atoms with van der Waals surface area (Å²) in [6.45, 7) is 2.50. The molecule has 0 unspecified atom stereocenters. The molecule has 4 nitrogen and oxygen atoms in total. The molecule has 2 N–H and O–H groups in total. The molecule has 22 heavy (non-hydrogen) atoms. The quantitative estimate of drug-likeness (QED) is 0.844. The van der Waals surface area contributed by atoms with E-state index in [4.69, 9.17) is 10.5 Å². The van der Waals surface area contributed by atoms with E-state index >= 15 is 0 Å². The number of halogens is 2. The molecule has 2 aromatic rings. The number of aromatic nitrogens is 1. The standard InChI is InChI=1S/C15H19N3OS.2ClH/c1-19-9-15-17-11(10-20-15)8-18-7-3-4-12-13(16)5-2-6-14(12)18;;/h2,5-6,10H,3-4,7-9,16H2,1H3;2*1H. The number of fused-ring (bicyclic) bond motifs is 1. The van der Waals surface area contributed by atoms with Gasteiger partial charge in [0.1, 0.15) is 5.01 Å². The monoisotopic (exact) mass is 361 g/mol. The van der Waals surface area contributed by atoms with E-state index in [0.717, 1.165) is 42.3 Å². The topological polar surface area (TPSA) is 51.4 Å². The van der Waals surface area contributed by atoms with E-state index in [1.807, 2.05) is 12.1 Å². The van der Waals surface area contributed by atoms with Gasteiger partial charge < -0.3 is 15.4 Å². The molecule has 0 radical (unpaired) electrons. The number of benzene rings is 1. The number of nitrogens with two attached hydrogens (primary N) is 1. The Balaban J connectivity index is 0.00000121. The first kappa shape index (κ1) is 19.0. The van der Waals surface area contributed by atoms with Gasteiger partial charge in [0.05, 0.1) is 18.8 Å². The summed E-state index contributed by atoms with van der Waals surface area (Å²) in [6.07, 6.45) is 2.22. The minimum absolute atomic E-state index is 0. The molecule has 0 atom stereocenters. The van der Waals surface area contributed by atoms with Crippen LogP contribution >= 0.6 is 36.2 Å². The second-order valence-corrected chi connectivity index (χ2v) is 5.98. The zero-order valence-corrected chi connectivity index (χ0v) is 14.9. The van der Waals surface area contributed by atoms with Crippen LogP contribution < -0.4 is 10.6 Å². The van der Waals surface area contributed by atoms with Crippen molar-refractivity contribution in [3.05, 3.63) is 39.8 Å². The van der Waals surface area contributed by atoms with Gasteiger partial charge in [-0.15, -0.1) is 36.2 Å². The Morgan fingerprint density at radius 3 is 2.95 bits per heavy atom. The van der Waals surface area contributed by atoms with Crippen LogP contribution in [0.25, 0.3) is 0 Å². The molecule has 2 heterocycles. The second-order valence-electron chi connectivity index (χ2n) is 5.04. The van der Waals surface area contributed by atoms with Crippen LogP contribution in [0.1, 0.15) is 22.7 Å². The van der Waals surface area contributed by atoms with E-state index < -0.39 is 0 Å². The third-order valence-corrected chi connectivity index (χ3v) is 4.47. The summed E-state index contributed by atoms with van der Waals surface area (Å²) in [5.41, 5.74) is 10.6. The highest BCUT2D eigenvalue weighted by molar-refractivity contribution is 7.09. The van der Waals surface area contributed by atoms with Gasteiger partial charge in [-0.2, -0.15) is 0 Å². The van der Waals surface area contributed by atoms with Crippen molar-refractivity contribution in [1.29, 1.82) is 0 Å². The molecule has 0 amide bonds. The van der Waals surface area contributed by atoms with E-state index in [1.165, 1.54) is 11.3 Å². The van der Waals surface area contributed by atoms with Gasteiger partial charge >= 0.3 is 0 Å². The predicted octanol–water partition coefficient (Wildman–Crippen LogP) is 3.67. The van der Waals surface area contributed by atoms with Crippen molar-refractivity contribution in [2.75, 3.05) is 24.3 Å². The van der Waals surface area contributed by atoms with Crippen molar-refractivity contribution in [2.45, 2.75) is 26.0 Å². The Kier molecular flexibility index (Phi) is 7.42. The fourth-order valence-corrected chi connectivity index (χ4v) is 3.45. The molecule has 7 heteroatoms. The number of anilines is 2. The van der Waals surface area contributed by atoms with Crippen LogP contribution in [0.5, 0.6) is 0 Å². The molecular weight excluding hydrogens is 341 g/mol. The van der Waals surface area contributed by atoms with Crippen molar-refractivity contribution in [2.24, 2.45) is 0 Å². The zero-order valence-electron chi connectivity index (χ0n) is 12.4. The lowest BCUT2D eigenvalue weighted by molar-refractivity contribution is 0.184. The summed E-state index contributed by atoms with van der Waals surface area (Å²) in [7, 11) is 1.70. The van der Waals surface area contributed by atoms with Crippen molar-refractivity contribution >= 4 is 47.5 Å². The molecule has 0 fully saturated rings. The van der Waals surface area contributed by atoms with Gasteiger partial charge in [0.15, 0.2) is 0 Å². The number of nitrogens with zero attached hydrogens (tertiary/aromatic N) is 2. The number of ether oxygens (including phenoxy) is 1. The van der Waals surface area contributed by atoms with E-state index in [-0.39, 0.29) is 24.8 Å². The number of rotatable bonds is 4. The van der Waals surface area contributed by atoms with Gasteiger partial charge in [-0.3, -0.25) is 0 Å². The first-order chi connectivity index (χ1) is 9.78. The molecule has 0 aliphatic carbocycles. The zero-order chi connectivity index (χ0) is 13.9. The summed E-state index contributed by atoms with van der Waals surface area (Å²) in [4.78, 5) is 6.99. The summed E-state index contributed by atoms with van der Waals surface area (Å²) in [5.74, 6) is 0. The molecule has 122 valence electrons. The third-order valence-electron chi connectivity index (χ3n) is 3.60. The molecular formula is C15H21Cl2N3OS. The Hall–Kier alpha value is -1.01. The normalized spacial score (nSPS) is 13.0. The molecule has 0 bridgehead atoms. The van der Waals surface area contributed by atoms with Crippen molar-refractivity contribution in [3.8, 4) is 0 Å². The molecule has 1 aromatic carbocycles. The summed E-state index contributed by atoms with van der Waals surface area (Å²) in [5, 5.41) is 3.15.